The molecule has 0 aliphatic carbocycles. The van der Waals surface area contributed by atoms with Gasteiger partial charge < -0.3 is 5.73 Å². The molecule has 0 aliphatic rings. The number of hydrogen-bond donors (Lipinski definition) is 1. The first-order valence-electron chi connectivity index (χ1n) is 6.22. The van der Waals surface area contributed by atoms with Crippen LogP contribution in [0, 0.1) is 11.3 Å². The molecule has 18 heavy (non-hydrogen) atoms. The van der Waals surface area contributed by atoms with Crippen LogP contribution in [0.5, 0.6) is 0 Å². The zero-order valence-corrected chi connectivity index (χ0v) is 12.5. The van der Waals surface area contributed by atoms with Crippen LogP contribution in [0.3, 0.4) is 0 Å². The highest BCUT2D eigenvalue weighted by molar-refractivity contribution is 9.10. The Balaban J connectivity index is 2.93. The molecule has 0 spiro atoms. The van der Waals surface area contributed by atoms with E-state index in [9.17, 15) is 0 Å². The molecule has 0 fully saturated rings. The van der Waals surface area contributed by atoms with Crippen molar-refractivity contribution < 1.29 is 0 Å². The number of benzene rings is 1. The summed E-state index contributed by atoms with van der Waals surface area (Å²) >= 11 is 3.44. The molecule has 0 amide bonds. The summed E-state index contributed by atoms with van der Waals surface area (Å²) in [6.07, 6.45) is 0.535. The van der Waals surface area contributed by atoms with Gasteiger partial charge in [-0.2, -0.15) is 5.26 Å². The van der Waals surface area contributed by atoms with Crippen LogP contribution in [-0.2, 0) is 0 Å². The number of nitrogens with zero attached hydrogens (tertiary/aromatic N) is 2. The molecule has 1 aromatic rings. The van der Waals surface area contributed by atoms with Crippen LogP contribution < -0.4 is 5.73 Å². The molecule has 2 unspecified atom stereocenters. The van der Waals surface area contributed by atoms with Gasteiger partial charge in [0, 0.05) is 29.5 Å². The van der Waals surface area contributed by atoms with E-state index in [0.717, 1.165) is 17.6 Å². The normalized spacial score (nSPS) is 14.2. The van der Waals surface area contributed by atoms with Gasteiger partial charge in [-0.15, -0.1) is 0 Å². The minimum atomic E-state index is 0.0322. The average molecular weight is 310 g/mol. The van der Waals surface area contributed by atoms with Crippen LogP contribution in [0.15, 0.2) is 28.7 Å². The Kier molecular flexibility index (Phi) is 6.34. The van der Waals surface area contributed by atoms with Gasteiger partial charge in [0.05, 0.1) is 6.07 Å². The van der Waals surface area contributed by atoms with E-state index in [2.05, 4.69) is 46.0 Å². The van der Waals surface area contributed by atoms with E-state index in [-0.39, 0.29) is 12.1 Å². The fourth-order valence-corrected chi connectivity index (χ4v) is 2.46. The van der Waals surface area contributed by atoms with E-state index in [1.165, 1.54) is 5.56 Å². The van der Waals surface area contributed by atoms with Crippen molar-refractivity contribution in [3.63, 3.8) is 0 Å². The second-order valence-electron chi connectivity index (χ2n) is 4.39. The Morgan fingerprint density at radius 2 is 2.00 bits per heavy atom. The lowest BCUT2D eigenvalue weighted by Gasteiger charge is -2.33. The van der Waals surface area contributed by atoms with Gasteiger partial charge in [0.2, 0.25) is 0 Å². The topological polar surface area (TPSA) is 53.0 Å². The maximum absolute atomic E-state index is 8.72. The third-order valence-corrected chi connectivity index (χ3v) is 3.55. The molecule has 0 aromatic heterocycles. The molecule has 3 nitrogen and oxygen atoms in total. The predicted octanol–water partition coefficient (Wildman–Crippen LogP) is 3.07. The first-order valence-corrected chi connectivity index (χ1v) is 7.01. The molecular weight excluding hydrogens is 290 g/mol. The predicted molar refractivity (Wildman–Crippen MR) is 78.0 cm³/mol. The Hall–Kier alpha value is -0.890. The number of halogens is 1. The number of likely N-dealkylation sites (N-methyl/N-ethyl adjacent to an activating group) is 1. The lowest BCUT2D eigenvalue weighted by atomic mass is 9.99. The Bertz CT molecular complexity index is 394. The smallest absolute Gasteiger partial charge is 0.0635 e. The summed E-state index contributed by atoms with van der Waals surface area (Å²) in [5, 5.41) is 8.72. The molecule has 4 heteroatoms. The fourth-order valence-electron chi connectivity index (χ4n) is 2.19. The van der Waals surface area contributed by atoms with E-state index < -0.39 is 0 Å². The highest BCUT2D eigenvalue weighted by Crippen LogP contribution is 2.25. The minimum absolute atomic E-state index is 0.0322. The van der Waals surface area contributed by atoms with Gasteiger partial charge in [0.15, 0.2) is 0 Å². The highest BCUT2D eigenvalue weighted by atomic mass is 79.9. The average Bonchev–Trinajstić information content (AvgIpc) is 2.35. The molecule has 2 N–H and O–H groups in total. The minimum Gasteiger partial charge on any atom is -0.326 e. The summed E-state index contributed by atoms with van der Waals surface area (Å²) < 4.78 is 1.06. The molecule has 0 saturated heterocycles. The molecule has 1 rings (SSSR count). The van der Waals surface area contributed by atoms with Crippen molar-refractivity contribution in [3.05, 3.63) is 34.3 Å². The summed E-state index contributed by atoms with van der Waals surface area (Å²) in [7, 11) is 0. The van der Waals surface area contributed by atoms with Crippen LogP contribution in [0.4, 0.5) is 0 Å². The van der Waals surface area contributed by atoms with Crippen LogP contribution in [0.1, 0.15) is 31.9 Å². The number of hydrogen-bond acceptors (Lipinski definition) is 3. The Labute approximate surface area is 118 Å². The van der Waals surface area contributed by atoms with Gasteiger partial charge in [-0.25, -0.2) is 0 Å². The molecule has 2 atom stereocenters. The first-order chi connectivity index (χ1) is 8.60. The Morgan fingerprint density at radius 3 is 2.44 bits per heavy atom. The second-order valence-corrected chi connectivity index (χ2v) is 5.31. The van der Waals surface area contributed by atoms with Crippen molar-refractivity contribution in [2.75, 3.05) is 13.1 Å². The number of nitrogens with two attached hydrogens (primary N) is 1. The van der Waals surface area contributed by atoms with Gasteiger partial charge in [-0.1, -0.05) is 35.0 Å². The lowest BCUT2D eigenvalue weighted by Crippen LogP contribution is -2.40. The maximum atomic E-state index is 8.72. The van der Waals surface area contributed by atoms with Gasteiger partial charge in [0.25, 0.3) is 0 Å². The van der Waals surface area contributed by atoms with Gasteiger partial charge in [-0.05, 0) is 31.2 Å². The van der Waals surface area contributed by atoms with E-state index in [0.29, 0.717) is 6.42 Å². The van der Waals surface area contributed by atoms with Gasteiger partial charge >= 0.3 is 0 Å². The van der Waals surface area contributed by atoms with Crippen LogP contribution in [0.25, 0.3) is 0 Å². The van der Waals surface area contributed by atoms with Crippen molar-refractivity contribution in [3.8, 4) is 6.07 Å². The van der Waals surface area contributed by atoms with Crippen molar-refractivity contribution in [2.45, 2.75) is 32.4 Å². The number of rotatable bonds is 6. The van der Waals surface area contributed by atoms with E-state index >= 15 is 0 Å². The van der Waals surface area contributed by atoms with E-state index in [1.54, 1.807) is 0 Å². The number of nitriles is 1. The summed E-state index contributed by atoms with van der Waals surface area (Å²) in [5.74, 6) is 0. The van der Waals surface area contributed by atoms with Crippen molar-refractivity contribution >= 4 is 15.9 Å². The molecule has 0 heterocycles. The van der Waals surface area contributed by atoms with E-state index in [4.69, 9.17) is 11.0 Å². The standard InChI is InChI=1S/C14H20BrN3/c1-3-18(10-4-9-16)14(11(2)17)12-5-7-13(15)8-6-12/h5-8,11,14H,3-4,10,17H2,1-2H3. The molecule has 0 radical (unpaired) electrons. The molecule has 1 aromatic carbocycles. The second kappa shape index (κ2) is 7.52. The molecule has 98 valence electrons. The zero-order chi connectivity index (χ0) is 13.5. The SMILES string of the molecule is CCN(CCC#N)C(c1ccc(Br)cc1)C(C)N. The largest absolute Gasteiger partial charge is 0.326 e. The quantitative estimate of drug-likeness (QED) is 0.878. The van der Waals surface area contributed by atoms with Gasteiger partial charge in [-0.3, -0.25) is 4.90 Å². The third kappa shape index (κ3) is 4.09. The Morgan fingerprint density at radius 1 is 1.39 bits per heavy atom. The van der Waals surface area contributed by atoms with Crippen molar-refractivity contribution in [1.82, 2.24) is 4.90 Å². The highest BCUT2D eigenvalue weighted by Gasteiger charge is 2.22. The zero-order valence-electron chi connectivity index (χ0n) is 10.9. The van der Waals surface area contributed by atoms with Crippen LogP contribution in [-0.4, -0.2) is 24.0 Å². The third-order valence-electron chi connectivity index (χ3n) is 3.02. The van der Waals surface area contributed by atoms with Crippen LogP contribution >= 0.6 is 15.9 Å². The molecule has 0 bridgehead atoms. The fraction of sp³-hybridized carbons (Fsp3) is 0.500. The molecule has 0 saturated carbocycles. The van der Waals surface area contributed by atoms with E-state index in [1.807, 2.05) is 19.1 Å². The molecule has 0 aliphatic heterocycles. The molecular formula is C14H20BrN3. The first kappa shape index (κ1) is 15.2. The summed E-state index contributed by atoms with van der Waals surface area (Å²) in [5.41, 5.74) is 7.32. The van der Waals surface area contributed by atoms with Crippen molar-refractivity contribution in [2.24, 2.45) is 5.73 Å². The monoisotopic (exact) mass is 309 g/mol. The summed E-state index contributed by atoms with van der Waals surface area (Å²) in [4.78, 5) is 2.26. The van der Waals surface area contributed by atoms with Crippen LogP contribution in [0.2, 0.25) is 0 Å². The lowest BCUT2D eigenvalue weighted by molar-refractivity contribution is 0.189. The summed E-state index contributed by atoms with van der Waals surface area (Å²) in [6, 6.07) is 10.6. The van der Waals surface area contributed by atoms with Gasteiger partial charge in [0.1, 0.15) is 0 Å². The summed E-state index contributed by atoms with van der Waals surface area (Å²) in [6.45, 7) is 5.77. The maximum Gasteiger partial charge on any atom is 0.0635 e. The van der Waals surface area contributed by atoms with Crippen molar-refractivity contribution in [1.29, 1.82) is 5.26 Å².